The Morgan fingerprint density at radius 1 is 1.62 bits per heavy atom. The number of aromatic nitrogens is 1. The first-order valence-corrected chi connectivity index (χ1v) is 5.48. The molecule has 0 atom stereocenters. The van der Waals surface area contributed by atoms with Crippen molar-refractivity contribution in [3.63, 3.8) is 0 Å². The van der Waals surface area contributed by atoms with Crippen molar-refractivity contribution in [2.24, 2.45) is 0 Å². The summed E-state index contributed by atoms with van der Waals surface area (Å²) in [4.78, 5) is 3.77. The number of rotatable bonds is 2. The minimum absolute atomic E-state index is 0.256. The van der Waals surface area contributed by atoms with Gasteiger partial charge in [-0.2, -0.15) is 0 Å². The van der Waals surface area contributed by atoms with Gasteiger partial charge in [0.1, 0.15) is 9.45 Å². The molecule has 2 nitrogen and oxygen atoms in total. The molecule has 6 heteroatoms. The van der Waals surface area contributed by atoms with Gasteiger partial charge in [-0.3, -0.25) is 0 Å². The Kier molecular flexibility index (Phi) is 3.84. The topological polar surface area (TPSA) is 33.1 Å². The van der Waals surface area contributed by atoms with Crippen LogP contribution in [0.5, 0.6) is 5.75 Å². The van der Waals surface area contributed by atoms with Gasteiger partial charge in [0.25, 0.3) is 6.43 Å². The van der Waals surface area contributed by atoms with Gasteiger partial charge in [-0.1, -0.05) is 15.9 Å². The molecule has 13 heavy (non-hydrogen) atoms. The summed E-state index contributed by atoms with van der Waals surface area (Å²) >= 11 is 4.92. The van der Waals surface area contributed by atoms with Gasteiger partial charge in [0.2, 0.25) is 0 Å². The molecular formula is C7H5BrF2INO. The van der Waals surface area contributed by atoms with Crippen LogP contribution in [0.15, 0.2) is 6.20 Å². The molecule has 1 aromatic heterocycles. The fourth-order valence-electron chi connectivity index (χ4n) is 0.902. The molecule has 0 aliphatic carbocycles. The fraction of sp³-hybridized carbons (Fsp3) is 0.286. The molecule has 1 heterocycles. The summed E-state index contributed by atoms with van der Waals surface area (Å²) in [6.07, 6.45) is -1.64. The quantitative estimate of drug-likeness (QED) is 0.497. The van der Waals surface area contributed by atoms with Crippen molar-refractivity contribution in [2.75, 3.05) is 0 Å². The molecule has 1 N–H and O–H groups in total. The SMILES string of the molecule is Oc1cnc(I)c(CBr)c1C(F)F. The Labute approximate surface area is 95.6 Å². The summed E-state index contributed by atoms with van der Waals surface area (Å²) in [5.74, 6) is -0.454. The maximum absolute atomic E-state index is 12.4. The lowest BCUT2D eigenvalue weighted by Gasteiger charge is -2.09. The lowest BCUT2D eigenvalue weighted by Crippen LogP contribution is -1.98. The van der Waals surface area contributed by atoms with Crippen LogP contribution in [0.25, 0.3) is 0 Å². The van der Waals surface area contributed by atoms with E-state index in [1.807, 2.05) is 22.6 Å². The second-order valence-corrected chi connectivity index (χ2v) is 3.84. The predicted octanol–water partition coefficient (Wildman–Crippen LogP) is 3.22. The average molecular weight is 364 g/mol. The molecule has 1 aromatic rings. The molecule has 0 aliphatic rings. The van der Waals surface area contributed by atoms with Crippen molar-refractivity contribution < 1.29 is 13.9 Å². The molecule has 0 aliphatic heterocycles. The van der Waals surface area contributed by atoms with E-state index in [1.165, 1.54) is 0 Å². The average Bonchev–Trinajstić information content (AvgIpc) is 2.07. The van der Waals surface area contributed by atoms with Crippen LogP contribution in [-0.2, 0) is 5.33 Å². The fourth-order valence-corrected chi connectivity index (χ4v) is 2.61. The highest BCUT2D eigenvalue weighted by Gasteiger charge is 2.20. The van der Waals surface area contributed by atoms with E-state index in [0.717, 1.165) is 6.20 Å². The largest absolute Gasteiger partial charge is 0.506 e. The molecule has 0 aromatic carbocycles. The first kappa shape index (κ1) is 11.1. The van der Waals surface area contributed by atoms with Crippen LogP contribution in [0, 0.1) is 3.70 Å². The van der Waals surface area contributed by atoms with Crippen molar-refractivity contribution in [3.05, 3.63) is 21.0 Å². The number of hydrogen-bond donors (Lipinski definition) is 1. The zero-order valence-electron chi connectivity index (χ0n) is 6.27. The molecule has 0 amide bonds. The first-order valence-electron chi connectivity index (χ1n) is 3.28. The van der Waals surface area contributed by atoms with Gasteiger partial charge in [-0.25, -0.2) is 13.8 Å². The van der Waals surface area contributed by atoms with E-state index in [0.29, 0.717) is 9.26 Å². The maximum Gasteiger partial charge on any atom is 0.267 e. The van der Waals surface area contributed by atoms with Crippen LogP contribution in [0.1, 0.15) is 17.6 Å². The van der Waals surface area contributed by atoms with Gasteiger partial charge in [-0.05, 0) is 22.6 Å². The minimum atomic E-state index is -2.68. The van der Waals surface area contributed by atoms with Crippen LogP contribution in [0.4, 0.5) is 8.78 Å². The summed E-state index contributed by atoms with van der Waals surface area (Å²) in [5, 5.41) is 9.41. The van der Waals surface area contributed by atoms with Crippen molar-refractivity contribution >= 4 is 38.5 Å². The third kappa shape index (κ3) is 2.28. The number of halogens is 4. The van der Waals surface area contributed by atoms with Crippen molar-refractivity contribution in [3.8, 4) is 5.75 Å². The van der Waals surface area contributed by atoms with Crippen LogP contribution < -0.4 is 0 Å². The predicted molar refractivity (Wildman–Crippen MR) is 56.2 cm³/mol. The summed E-state index contributed by atoms with van der Waals surface area (Å²) in [5.41, 5.74) is 0.00637. The van der Waals surface area contributed by atoms with Gasteiger partial charge in [-0.15, -0.1) is 0 Å². The Morgan fingerprint density at radius 3 is 2.62 bits per heavy atom. The van der Waals surface area contributed by atoms with Gasteiger partial charge in [0, 0.05) is 10.9 Å². The van der Waals surface area contributed by atoms with E-state index >= 15 is 0 Å². The summed E-state index contributed by atoms with van der Waals surface area (Å²) in [7, 11) is 0. The van der Waals surface area contributed by atoms with Gasteiger partial charge < -0.3 is 5.11 Å². The lowest BCUT2D eigenvalue weighted by atomic mass is 10.1. The Morgan fingerprint density at radius 2 is 2.23 bits per heavy atom. The Hall–Kier alpha value is 0.0200. The highest BCUT2D eigenvalue weighted by atomic mass is 127. The van der Waals surface area contributed by atoms with Crippen molar-refractivity contribution in [2.45, 2.75) is 11.8 Å². The van der Waals surface area contributed by atoms with E-state index in [9.17, 15) is 8.78 Å². The van der Waals surface area contributed by atoms with Gasteiger partial charge in [0.05, 0.1) is 11.8 Å². The Balaban J connectivity index is 3.35. The lowest BCUT2D eigenvalue weighted by molar-refractivity contribution is 0.146. The summed E-state index contributed by atoms with van der Waals surface area (Å²) in [6.45, 7) is 0. The molecule has 0 saturated heterocycles. The molecule has 0 fully saturated rings. The molecular weight excluding hydrogens is 359 g/mol. The summed E-state index contributed by atoms with van der Waals surface area (Å²) in [6, 6.07) is 0. The molecule has 0 spiro atoms. The minimum Gasteiger partial charge on any atom is -0.506 e. The van der Waals surface area contributed by atoms with Crippen LogP contribution in [0.2, 0.25) is 0 Å². The van der Waals surface area contributed by atoms with Gasteiger partial charge >= 0.3 is 0 Å². The maximum atomic E-state index is 12.4. The first-order chi connectivity index (χ1) is 6.07. The van der Waals surface area contributed by atoms with E-state index < -0.39 is 12.2 Å². The summed E-state index contributed by atoms with van der Waals surface area (Å²) < 4.78 is 25.4. The molecule has 0 radical (unpaired) electrons. The third-order valence-electron chi connectivity index (χ3n) is 1.50. The second kappa shape index (κ2) is 4.50. The van der Waals surface area contributed by atoms with Gasteiger partial charge in [0.15, 0.2) is 0 Å². The van der Waals surface area contributed by atoms with E-state index in [1.54, 1.807) is 0 Å². The van der Waals surface area contributed by atoms with E-state index in [-0.39, 0.29) is 10.9 Å². The number of nitrogens with zero attached hydrogens (tertiary/aromatic N) is 1. The van der Waals surface area contributed by atoms with E-state index in [2.05, 4.69) is 20.9 Å². The molecule has 72 valence electrons. The van der Waals surface area contributed by atoms with Crippen LogP contribution in [0.3, 0.4) is 0 Å². The molecule has 0 bridgehead atoms. The van der Waals surface area contributed by atoms with Crippen LogP contribution >= 0.6 is 38.5 Å². The van der Waals surface area contributed by atoms with Crippen LogP contribution in [-0.4, -0.2) is 10.1 Å². The van der Waals surface area contributed by atoms with Crippen molar-refractivity contribution in [1.29, 1.82) is 0 Å². The zero-order chi connectivity index (χ0) is 10.0. The normalized spacial score (nSPS) is 10.8. The smallest absolute Gasteiger partial charge is 0.267 e. The van der Waals surface area contributed by atoms with E-state index in [4.69, 9.17) is 5.11 Å². The monoisotopic (exact) mass is 363 g/mol. The Bertz CT molecular complexity index is 322. The number of hydrogen-bond acceptors (Lipinski definition) is 2. The third-order valence-corrected chi connectivity index (χ3v) is 2.99. The number of aromatic hydroxyl groups is 1. The number of alkyl halides is 3. The molecule has 1 rings (SSSR count). The van der Waals surface area contributed by atoms with Crippen molar-refractivity contribution in [1.82, 2.24) is 4.98 Å². The molecule has 0 unspecified atom stereocenters. The second-order valence-electron chi connectivity index (χ2n) is 2.26. The highest BCUT2D eigenvalue weighted by Crippen LogP contribution is 2.33. The standard InChI is InChI=1S/C7H5BrF2INO/c8-1-3-5(6(9)10)4(13)2-12-7(3)11/h2,6,13H,1H2. The zero-order valence-corrected chi connectivity index (χ0v) is 10.0. The number of pyridine rings is 1. The molecule has 0 saturated carbocycles. The highest BCUT2D eigenvalue weighted by molar-refractivity contribution is 14.1.